The molecular formula is C25H23FN4O2S2. The maximum Gasteiger partial charge on any atom is 0.237 e. The average molecular weight is 495 g/mol. The van der Waals surface area contributed by atoms with Gasteiger partial charge in [-0.1, -0.05) is 23.9 Å². The summed E-state index contributed by atoms with van der Waals surface area (Å²) in [5, 5.41) is 3.40. The molecule has 3 heterocycles. The number of nitrogens with zero attached hydrogens (tertiary/aromatic N) is 3. The van der Waals surface area contributed by atoms with Crippen LogP contribution in [0.1, 0.15) is 6.92 Å². The number of fused-ring (bicyclic) bond motifs is 1. The summed E-state index contributed by atoms with van der Waals surface area (Å²) in [6.07, 6.45) is 1.51. The lowest BCUT2D eigenvalue weighted by atomic mass is 10.2. The Morgan fingerprint density at radius 1 is 1.12 bits per heavy atom. The number of aromatic nitrogens is 2. The molecule has 1 aliphatic rings. The van der Waals surface area contributed by atoms with E-state index in [9.17, 15) is 9.18 Å². The van der Waals surface area contributed by atoms with Crippen molar-refractivity contribution in [3.05, 3.63) is 66.7 Å². The third-order valence-corrected chi connectivity index (χ3v) is 7.99. The van der Waals surface area contributed by atoms with Gasteiger partial charge in [0.05, 0.1) is 28.7 Å². The Balaban J connectivity index is 1.27. The van der Waals surface area contributed by atoms with Crippen LogP contribution in [0.15, 0.2) is 66.0 Å². The van der Waals surface area contributed by atoms with Crippen molar-refractivity contribution in [1.29, 1.82) is 0 Å². The van der Waals surface area contributed by atoms with Crippen molar-refractivity contribution in [2.75, 3.05) is 36.5 Å². The second kappa shape index (κ2) is 10.1. The van der Waals surface area contributed by atoms with Crippen molar-refractivity contribution in [3.8, 4) is 10.4 Å². The largest absolute Gasteiger partial charge is 0.378 e. The van der Waals surface area contributed by atoms with Crippen molar-refractivity contribution in [2.45, 2.75) is 17.2 Å². The first-order chi connectivity index (χ1) is 16.6. The minimum atomic E-state index is -0.353. The van der Waals surface area contributed by atoms with E-state index < -0.39 is 0 Å². The van der Waals surface area contributed by atoms with Gasteiger partial charge >= 0.3 is 0 Å². The van der Waals surface area contributed by atoms with Gasteiger partial charge in [0.1, 0.15) is 17.2 Å². The Bertz CT molecular complexity index is 1290. The van der Waals surface area contributed by atoms with Gasteiger partial charge < -0.3 is 15.0 Å². The molecule has 34 heavy (non-hydrogen) atoms. The van der Waals surface area contributed by atoms with E-state index in [0.717, 1.165) is 63.4 Å². The van der Waals surface area contributed by atoms with Crippen LogP contribution in [0.2, 0.25) is 0 Å². The Labute approximate surface area is 205 Å². The standard InChI is InChI=1S/C25H23FN4O2S2/c1-16(24(31)29-19-6-8-20(9-7-19)30-10-12-32-13-11-30)33-25-23-21(27-15-28-25)14-22(34-23)17-2-4-18(26)5-3-17/h2-9,14-16H,10-13H2,1H3,(H,29,31)/t16-/m0/s1. The summed E-state index contributed by atoms with van der Waals surface area (Å²) in [6, 6.07) is 16.3. The molecule has 0 aliphatic carbocycles. The number of rotatable bonds is 6. The van der Waals surface area contributed by atoms with Gasteiger partial charge in [-0.2, -0.15) is 0 Å². The van der Waals surface area contributed by atoms with Crippen LogP contribution in [0.25, 0.3) is 20.7 Å². The van der Waals surface area contributed by atoms with Gasteiger partial charge in [0.15, 0.2) is 0 Å². The highest BCUT2D eigenvalue weighted by molar-refractivity contribution is 8.00. The highest BCUT2D eigenvalue weighted by atomic mass is 32.2. The van der Waals surface area contributed by atoms with Gasteiger partial charge in [0.25, 0.3) is 0 Å². The molecule has 5 rings (SSSR count). The number of hydrogen-bond donors (Lipinski definition) is 1. The highest BCUT2D eigenvalue weighted by Crippen LogP contribution is 2.38. The van der Waals surface area contributed by atoms with Gasteiger partial charge in [-0.3, -0.25) is 4.79 Å². The SMILES string of the molecule is C[C@H](Sc1ncnc2cc(-c3ccc(F)cc3)sc12)C(=O)Nc1ccc(N2CCOCC2)cc1. The maximum atomic E-state index is 13.3. The zero-order chi connectivity index (χ0) is 23.5. The molecule has 0 spiro atoms. The van der Waals surface area contributed by atoms with Gasteiger partial charge in [0.2, 0.25) is 5.91 Å². The number of carbonyl (C=O) groups is 1. The van der Waals surface area contributed by atoms with Crippen molar-refractivity contribution in [3.63, 3.8) is 0 Å². The third kappa shape index (κ3) is 5.06. The molecule has 0 saturated carbocycles. The van der Waals surface area contributed by atoms with Crippen LogP contribution in [0.4, 0.5) is 15.8 Å². The first kappa shape index (κ1) is 22.8. The van der Waals surface area contributed by atoms with Crippen LogP contribution in [-0.4, -0.2) is 47.4 Å². The number of morpholine rings is 1. The predicted molar refractivity (Wildman–Crippen MR) is 136 cm³/mol. The first-order valence-electron chi connectivity index (χ1n) is 11.0. The smallest absolute Gasteiger partial charge is 0.237 e. The Morgan fingerprint density at radius 3 is 2.59 bits per heavy atom. The van der Waals surface area contributed by atoms with E-state index >= 15 is 0 Å². The van der Waals surface area contributed by atoms with Crippen LogP contribution in [0, 0.1) is 5.82 Å². The number of anilines is 2. The summed E-state index contributed by atoms with van der Waals surface area (Å²) >= 11 is 2.94. The van der Waals surface area contributed by atoms with Crippen LogP contribution in [0.5, 0.6) is 0 Å². The molecule has 0 unspecified atom stereocenters. The predicted octanol–water partition coefficient (Wildman–Crippen LogP) is 5.45. The quantitative estimate of drug-likeness (QED) is 0.284. The van der Waals surface area contributed by atoms with E-state index in [1.54, 1.807) is 23.5 Å². The van der Waals surface area contributed by atoms with Gasteiger partial charge in [-0.05, 0) is 55.0 Å². The van der Waals surface area contributed by atoms with Gasteiger partial charge in [-0.25, -0.2) is 14.4 Å². The summed E-state index contributed by atoms with van der Waals surface area (Å²) in [6.45, 7) is 5.08. The molecule has 4 aromatic rings. The van der Waals surface area contributed by atoms with E-state index in [2.05, 4.69) is 20.2 Å². The Morgan fingerprint density at radius 2 is 1.85 bits per heavy atom. The van der Waals surface area contributed by atoms with E-state index in [-0.39, 0.29) is 17.0 Å². The zero-order valence-electron chi connectivity index (χ0n) is 18.5. The molecule has 1 aliphatic heterocycles. The molecular weight excluding hydrogens is 471 g/mol. The van der Waals surface area contributed by atoms with Crippen LogP contribution in [-0.2, 0) is 9.53 Å². The summed E-state index contributed by atoms with van der Waals surface area (Å²) in [5.74, 6) is -0.359. The Kier molecular flexibility index (Phi) is 6.75. The van der Waals surface area contributed by atoms with Crippen LogP contribution in [0.3, 0.4) is 0 Å². The molecule has 2 aromatic carbocycles. The van der Waals surface area contributed by atoms with Crippen LogP contribution >= 0.6 is 23.1 Å². The molecule has 2 aromatic heterocycles. The number of benzene rings is 2. The number of carbonyl (C=O) groups excluding carboxylic acids is 1. The van der Waals surface area contributed by atoms with E-state index in [1.807, 2.05) is 37.3 Å². The lowest BCUT2D eigenvalue weighted by Crippen LogP contribution is -2.36. The fourth-order valence-corrected chi connectivity index (χ4v) is 5.81. The molecule has 0 radical (unpaired) electrons. The fraction of sp³-hybridized carbons (Fsp3) is 0.240. The summed E-state index contributed by atoms with van der Waals surface area (Å²) in [5.41, 5.74) is 3.62. The number of amides is 1. The third-order valence-electron chi connectivity index (χ3n) is 5.58. The maximum absolute atomic E-state index is 13.3. The topological polar surface area (TPSA) is 67.4 Å². The van der Waals surface area contributed by atoms with Gasteiger partial charge in [0, 0.05) is 29.3 Å². The molecule has 9 heteroatoms. The molecule has 6 nitrogen and oxygen atoms in total. The molecule has 1 N–H and O–H groups in total. The van der Waals surface area contributed by atoms with E-state index in [0.29, 0.717) is 0 Å². The minimum absolute atomic E-state index is 0.0915. The molecule has 1 amide bonds. The number of ether oxygens (including phenoxy) is 1. The first-order valence-corrected chi connectivity index (χ1v) is 12.7. The second-order valence-corrected chi connectivity index (χ2v) is 10.3. The normalized spacial score (nSPS) is 14.8. The summed E-state index contributed by atoms with van der Waals surface area (Å²) < 4.78 is 19.6. The van der Waals surface area contributed by atoms with E-state index in [1.165, 1.54) is 30.2 Å². The summed E-state index contributed by atoms with van der Waals surface area (Å²) in [4.78, 5) is 24.9. The number of nitrogens with one attached hydrogen (secondary N) is 1. The number of halogens is 1. The molecule has 174 valence electrons. The van der Waals surface area contributed by atoms with Gasteiger partial charge in [-0.15, -0.1) is 11.3 Å². The van der Waals surface area contributed by atoms with Crippen molar-refractivity contribution < 1.29 is 13.9 Å². The minimum Gasteiger partial charge on any atom is -0.378 e. The molecule has 1 fully saturated rings. The second-order valence-electron chi connectivity index (χ2n) is 7.91. The van der Waals surface area contributed by atoms with Crippen molar-refractivity contribution in [1.82, 2.24) is 9.97 Å². The lowest BCUT2D eigenvalue weighted by Gasteiger charge is -2.28. The fourth-order valence-electron chi connectivity index (χ4n) is 3.72. The number of hydrogen-bond acceptors (Lipinski definition) is 7. The van der Waals surface area contributed by atoms with E-state index in [4.69, 9.17) is 4.74 Å². The Hall–Kier alpha value is -3.01. The zero-order valence-corrected chi connectivity index (χ0v) is 20.2. The molecule has 0 bridgehead atoms. The average Bonchev–Trinajstić information content (AvgIpc) is 3.31. The monoisotopic (exact) mass is 494 g/mol. The lowest BCUT2D eigenvalue weighted by molar-refractivity contribution is -0.115. The number of thioether (sulfide) groups is 1. The van der Waals surface area contributed by atoms with Crippen molar-refractivity contribution in [2.24, 2.45) is 0 Å². The number of thiophene rings is 1. The van der Waals surface area contributed by atoms with Crippen molar-refractivity contribution >= 4 is 50.6 Å². The van der Waals surface area contributed by atoms with Crippen LogP contribution < -0.4 is 10.2 Å². The molecule has 1 atom stereocenters. The summed E-state index contributed by atoms with van der Waals surface area (Å²) in [7, 11) is 0. The highest BCUT2D eigenvalue weighted by Gasteiger charge is 2.19. The molecule has 1 saturated heterocycles.